The quantitative estimate of drug-likeness (QED) is 0.667. The van der Waals surface area contributed by atoms with Gasteiger partial charge >= 0.3 is 0 Å². The highest BCUT2D eigenvalue weighted by atomic mass is 16.5. The van der Waals surface area contributed by atoms with E-state index in [-0.39, 0.29) is 6.04 Å². The summed E-state index contributed by atoms with van der Waals surface area (Å²) in [6.07, 6.45) is 2.74. The van der Waals surface area contributed by atoms with Crippen LogP contribution in [0.15, 0.2) is 24.8 Å². The lowest BCUT2D eigenvalue weighted by atomic mass is 10.0. The number of hydrogen-bond donors (Lipinski definition) is 1. The fourth-order valence-electron chi connectivity index (χ4n) is 2.20. The molecule has 4 heteroatoms. The third-order valence-electron chi connectivity index (χ3n) is 3.08. The molecule has 1 aromatic rings. The van der Waals surface area contributed by atoms with E-state index in [0.717, 1.165) is 23.5 Å². The van der Waals surface area contributed by atoms with Crippen LogP contribution in [0.25, 0.3) is 0 Å². The van der Waals surface area contributed by atoms with Gasteiger partial charge in [-0.2, -0.15) is 0 Å². The molecular formula is C17H27NO3. The zero-order valence-electron chi connectivity index (χ0n) is 13.6. The third-order valence-corrected chi connectivity index (χ3v) is 3.08. The van der Waals surface area contributed by atoms with Gasteiger partial charge in [0, 0.05) is 6.04 Å². The largest absolute Gasteiger partial charge is 0.490 e. The molecule has 21 heavy (non-hydrogen) atoms. The fourth-order valence-corrected chi connectivity index (χ4v) is 2.20. The Labute approximate surface area is 128 Å². The molecular weight excluding hydrogens is 266 g/mol. The predicted molar refractivity (Wildman–Crippen MR) is 86.6 cm³/mol. The summed E-state index contributed by atoms with van der Waals surface area (Å²) in [6, 6.07) is 4.21. The van der Waals surface area contributed by atoms with Gasteiger partial charge in [-0.05, 0) is 51.9 Å². The van der Waals surface area contributed by atoms with Gasteiger partial charge in [-0.3, -0.25) is 0 Å². The van der Waals surface area contributed by atoms with Crippen molar-refractivity contribution in [1.82, 2.24) is 5.32 Å². The van der Waals surface area contributed by atoms with Gasteiger partial charge in [0.1, 0.15) is 0 Å². The summed E-state index contributed by atoms with van der Waals surface area (Å²) in [5.74, 6) is 2.13. The van der Waals surface area contributed by atoms with Crippen LogP contribution >= 0.6 is 0 Å². The van der Waals surface area contributed by atoms with E-state index in [2.05, 4.69) is 11.9 Å². The van der Waals surface area contributed by atoms with Crippen molar-refractivity contribution in [3.8, 4) is 17.2 Å². The normalized spacial score (nSPS) is 11.8. The van der Waals surface area contributed by atoms with Crippen LogP contribution in [0.2, 0.25) is 0 Å². The summed E-state index contributed by atoms with van der Waals surface area (Å²) in [6.45, 7) is 11.4. The van der Waals surface area contributed by atoms with E-state index in [1.54, 1.807) is 0 Å². The molecule has 1 rings (SSSR count). The molecule has 1 unspecified atom stereocenters. The minimum absolute atomic E-state index is 0.177. The highest BCUT2D eigenvalue weighted by Gasteiger charge is 2.18. The Kier molecular flexibility index (Phi) is 7.69. The predicted octanol–water partition coefficient (Wildman–Crippen LogP) is 3.72. The Morgan fingerprint density at radius 3 is 1.95 bits per heavy atom. The second-order valence-corrected chi connectivity index (χ2v) is 4.51. The lowest BCUT2D eigenvalue weighted by Crippen LogP contribution is -2.16. The van der Waals surface area contributed by atoms with E-state index >= 15 is 0 Å². The zero-order chi connectivity index (χ0) is 15.7. The molecule has 0 radical (unpaired) electrons. The van der Waals surface area contributed by atoms with E-state index in [1.165, 1.54) is 0 Å². The van der Waals surface area contributed by atoms with Gasteiger partial charge in [-0.1, -0.05) is 6.08 Å². The summed E-state index contributed by atoms with van der Waals surface area (Å²) >= 11 is 0. The maximum absolute atomic E-state index is 5.73. The van der Waals surface area contributed by atoms with Crippen molar-refractivity contribution >= 4 is 0 Å². The first-order chi connectivity index (χ1) is 10.2. The van der Waals surface area contributed by atoms with E-state index in [0.29, 0.717) is 25.6 Å². The summed E-state index contributed by atoms with van der Waals surface area (Å²) in [4.78, 5) is 0. The van der Waals surface area contributed by atoms with Crippen LogP contribution in [0, 0.1) is 0 Å². The number of ether oxygens (including phenoxy) is 3. The SMILES string of the molecule is C=CCC(NC)c1cc(OCC)c(OCC)c(OCC)c1. The molecule has 0 saturated carbocycles. The summed E-state index contributed by atoms with van der Waals surface area (Å²) in [7, 11) is 1.94. The maximum Gasteiger partial charge on any atom is 0.203 e. The average molecular weight is 293 g/mol. The Balaban J connectivity index is 3.29. The first-order valence-corrected chi connectivity index (χ1v) is 7.56. The molecule has 4 nitrogen and oxygen atoms in total. The van der Waals surface area contributed by atoms with Gasteiger partial charge in [0.2, 0.25) is 5.75 Å². The number of rotatable bonds is 10. The van der Waals surface area contributed by atoms with Crippen LogP contribution in [0.3, 0.4) is 0 Å². The van der Waals surface area contributed by atoms with Crippen molar-refractivity contribution in [1.29, 1.82) is 0 Å². The highest BCUT2D eigenvalue weighted by molar-refractivity contribution is 5.54. The molecule has 0 spiro atoms. The monoisotopic (exact) mass is 293 g/mol. The minimum atomic E-state index is 0.177. The molecule has 0 fully saturated rings. The third kappa shape index (κ3) is 4.67. The molecule has 0 heterocycles. The van der Waals surface area contributed by atoms with E-state index in [4.69, 9.17) is 14.2 Å². The molecule has 0 amide bonds. The minimum Gasteiger partial charge on any atom is -0.490 e. The lowest BCUT2D eigenvalue weighted by Gasteiger charge is -2.21. The smallest absolute Gasteiger partial charge is 0.203 e. The lowest BCUT2D eigenvalue weighted by molar-refractivity contribution is 0.260. The number of benzene rings is 1. The Morgan fingerprint density at radius 1 is 1.05 bits per heavy atom. The molecule has 0 aliphatic carbocycles. The van der Waals surface area contributed by atoms with Crippen LogP contribution in [-0.2, 0) is 0 Å². The summed E-state index contributed by atoms with van der Waals surface area (Å²) in [5.41, 5.74) is 1.10. The van der Waals surface area contributed by atoms with Gasteiger partial charge in [-0.25, -0.2) is 0 Å². The van der Waals surface area contributed by atoms with Crippen LogP contribution < -0.4 is 19.5 Å². The van der Waals surface area contributed by atoms with Crippen LogP contribution in [-0.4, -0.2) is 26.9 Å². The second kappa shape index (κ2) is 9.29. The van der Waals surface area contributed by atoms with Crippen molar-refractivity contribution in [2.24, 2.45) is 0 Å². The Hall–Kier alpha value is -1.68. The summed E-state index contributed by atoms with van der Waals surface area (Å²) in [5, 5.41) is 3.29. The second-order valence-electron chi connectivity index (χ2n) is 4.51. The fraction of sp³-hybridized carbons (Fsp3) is 0.529. The molecule has 0 aliphatic heterocycles. The van der Waals surface area contributed by atoms with Crippen molar-refractivity contribution < 1.29 is 14.2 Å². The molecule has 1 aromatic carbocycles. The van der Waals surface area contributed by atoms with Gasteiger partial charge in [0.15, 0.2) is 11.5 Å². The van der Waals surface area contributed by atoms with Gasteiger partial charge in [0.25, 0.3) is 0 Å². The van der Waals surface area contributed by atoms with Crippen molar-refractivity contribution in [3.05, 3.63) is 30.4 Å². The molecule has 0 bridgehead atoms. The standard InChI is InChI=1S/C17H27NO3/c1-6-10-14(18-5)13-11-15(19-7-2)17(21-9-4)16(12-13)20-8-3/h6,11-12,14,18H,1,7-10H2,2-5H3. The summed E-state index contributed by atoms with van der Waals surface area (Å²) < 4.78 is 17.2. The molecule has 0 aliphatic rings. The first-order valence-electron chi connectivity index (χ1n) is 7.56. The first kappa shape index (κ1) is 17.4. The average Bonchev–Trinajstić information content (AvgIpc) is 2.48. The zero-order valence-corrected chi connectivity index (χ0v) is 13.6. The molecule has 1 atom stereocenters. The number of nitrogens with one attached hydrogen (secondary N) is 1. The Bertz CT molecular complexity index is 419. The maximum atomic E-state index is 5.73. The molecule has 1 N–H and O–H groups in total. The van der Waals surface area contributed by atoms with E-state index < -0.39 is 0 Å². The van der Waals surface area contributed by atoms with Crippen molar-refractivity contribution in [3.63, 3.8) is 0 Å². The molecule has 118 valence electrons. The van der Waals surface area contributed by atoms with Gasteiger partial charge < -0.3 is 19.5 Å². The van der Waals surface area contributed by atoms with Crippen molar-refractivity contribution in [2.75, 3.05) is 26.9 Å². The van der Waals surface area contributed by atoms with Gasteiger partial charge in [-0.15, -0.1) is 6.58 Å². The highest BCUT2D eigenvalue weighted by Crippen LogP contribution is 2.40. The van der Waals surface area contributed by atoms with Crippen LogP contribution in [0.5, 0.6) is 17.2 Å². The van der Waals surface area contributed by atoms with Crippen LogP contribution in [0.1, 0.15) is 38.8 Å². The van der Waals surface area contributed by atoms with Gasteiger partial charge in [0.05, 0.1) is 19.8 Å². The molecule has 0 aromatic heterocycles. The van der Waals surface area contributed by atoms with E-state index in [1.807, 2.05) is 46.0 Å². The molecule has 0 saturated heterocycles. The van der Waals surface area contributed by atoms with E-state index in [9.17, 15) is 0 Å². The number of hydrogen-bond acceptors (Lipinski definition) is 4. The topological polar surface area (TPSA) is 39.7 Å². The Morgan fingerprint density at radius 2 is 1.57 bits per heavy atom. The van der Waals surface area contributed by atoms with Crippen LogP contribution in [0.4, 0.5) is 0 Å². The van der Waals surface area contributed by atoms with Crippen molar-refractivity contribution in [2.45, 2.75) is 33.2 Å².